The molecule has 2 aromatic rings. The number of nitrogens with two attached hydrogens (primary N) is 1. The Morgan fingerprint density at radius 3 is 2.79 bits per heavy atom. The van der Waals surface area contributed by atoms with Crippen LogP contribution in [0.2, 0.25) is 0 Å². The van der Waals surface area contributed by atoms with Crippen molar-refractivity contribution in [3.8, 4) is 0 Å². The first-order chi connectivity index (χ1) is 11.6. The second-order valence-electron chi connectivity index (χ2n) is 6.26. The van der Waals surface area contributed by atoms with Crippen LogP contribution in [-0.4, -0.2) is 29.7 Å². The van der Waals surface area contributed by atoms with Gasteiger partial charge in [0.1, 0.15) is 0 Å². The number of anilines is 2. The van der Waals surface area contributed by atoms with Crippen molar-refractivity contribution in [2.75, 3.05) is 24.1 Å². The van der Waals surface area contributed by atoms with Crippen molar-refractivity contribution in [1.82, 2.24) is 4.31 Å². The van der Waals surface area contributed by atoms with E-state index < -0.39 is 0 Å². The molecule has 3 rings (SSSR count). The largest absolute Gasteiger partial charge is 0.398 e. The van der Waals surface area contributed by atoms with Gasteiger partial charge in [-0.15, -0.1) is 0 Å². The zero-order chi connectivity index (χ0) is 16.9. The van der Waals surface area contributed by atoms with Crippen molar-refractivity contribution < 1.29 is 0 Å². The number of hydrogen-bond donors (Lipinski definition) is 3. The van der Waals surface area contributed by atoms with Crippen LogP contribution >= 0.6 is 11.9 Å². The van der Waals surface area contributed by atoms with Crippen LogP contribution in [0.3, 0.4) is 0 Å². The monoisotopic (exact) mass is 340 g/mol. The summed E-state index contributed by atoms with van der Waals surface area (Å²) in [6, 6.07) is 14.9. The minimum absolute atomic E-state index is 0.416. The number of nitrogens with zero attached hydrogens (tertiary/aromatic N) is 1. The lowest BCUT2D eigenvalue weighted by Crippen LogP contribution is -2.38. The summed E-state index contributed by atoms with van der Waals surface area (Å²) >= 11 is 1.83. The van der Waals surface area contributed by atoms with E-state index in [0.29, 0.717) is 11.7 Å². The lowest BCUT2D eigenvalue weighted by molar-refractivity contribution is 0.356. The van der Waals surface area contributed by atoms with E-state index in [4.69, 9.17) is 11.1 Å². The zero-order valence-electron chi connectivity index (χ0n) is 14.0. The van der Waals surface area contributed by atoms with Gasteiger partial charge in [0.2, 0.25) is 0 Å². The molecule has 1 fully saturated rings. The Kier molecular flexibility index (Phi) is 5.43. The lowest BCUT2D eigenvalue weighted by atomic mass is 10.1. The average Bonchev–Trinajstić information content (AvgIpc) is 2.59. The third-order valence-corrected chi connectivity index (χ3v) is 5.33. The van der Waals surface area contributed by atoms with Gasteiger partial charge in [0.15, 0.2) is 0 Å². The van der Waals surface area contributed by atoms with Crippen molar-refractivity contribution in [3.05, 3.63) is 53.6 Å². The minimum atomic E-state index is 0.416. The van der Waals surface area contributed by atoms with Crippen LogP contribution in [0.5, 0.6) is 0 Å². The summed E-state index contributed by atoms with van der Waals surface area (Å²) in [4.78, 5) is 1.29. The highest BCUT2D eigenvalue weighted by molar-refractivity contribution is 7.97. The molecule has 0 aromatic heterocycles. The van der Waals surface area contributed by atoms with Gasteiger partial charge in [0.05, 0.1) is 0 Å². The summed E-state index contributed by atoms with van der Waals surface area (Å²) in [7, 11) is 0. The van der Waals surface area contributed by atoms with Crippen molar-refractivity contribution in [3.63, 3.8) is 0 Å². The van der Waals surface area contributed by atoms with E-state index in [1.54, 1.807) is 0 Å². The molecule has 0 bridgehead atoms. The SMILES string of the molecule is Cc1ccc(SN2CCCC(Nc3ccc(N)c(C=N)c3)C2)cc1. The third-order valence-electron chi connectivity index (χ3n) is 4.25. The van der Waals surface area contributed by atoms with Crippen molar-refractivity contribution in [2.45, 2.75) is 30.7 Å². The summed E-state index contributed by atoms with van der Waals surface area (Å²) in [5.41, 5.74) is 9.61. The van der Waals surface area contributed by atoms with E-state index in [-0.39, 0.29) is 0 Å². The summed E-state index contributed by atoms with van der Waals surface area (Å²) in [6.07, 6.45) is 3.65. The number of hydrogen-bond acceptors (Lipinski definition) is 5. The summed E-state index contributed by atoms with van der Waals surface area (Å²) < 4.78 is 2.43. The van der Waals surface area contributed by atoms with Crippen LogP contribution in [0.25, 0.3) is 0 Å². The molecule has 1 unspecified atom stereocenters. The standard InChI is InChI=1S/C19H24N4S/c1-14-4-7-18(8-5-14)24-23-10-2-3-17(13-23)22-16-6-9-19(21)15(11-16)12-20/h4-9,11-12,17,20,22H,2-3,10,13,21H2,1H3. The first kappa shape index (κ1) is 16.9. The fourth-order valence-electron chi connectivity index (χ4n) is 2.92. The fraction of sp³-hybridized carbons (Fsp3) is 0.316. The molecule has 0 aliphatic carbocycles. The Morgan fingerprint density at radius 2 is 2.04 bits per heavy atom. The molecule has 4 nitrogen and oxygen atoms in total. The Morgan fingerprint density at radius 1 is 1.25 bits per heavy atom. The molecule has 2 aromatic carbocycles. The number of nitrogens with one attached hydrogen (secondary N) is 2. The molecule has 24 heavy (non-hydrogen) atoms. The van der Waals surface area contributed by atoms with Crippen LogP contribution in [0.15, 0.2) is 47.4 Å². The highest BCUT2D eigenvalue weighted by atomic mass is 32.2. The number of piperidine rings is 1. The number of aryl methyl sites for hydroxylation is 1. The molecule has 1 aliphatic heterocycles. The van der Waals surface area contributed by atoms with Crippen LogP contribution in [0.1, 0.15) is 24.0 Å². The molecule has 1 saturated heterocycles. The smallest absolute Gasteiger partial charge is 0.0404 e. The van der Waals surface area contributed by atoms with Gasteiger partial charge < -0.3 is 16.5 Å². The van der Waals surface area contributed by atoms with Gasteiger partial charge >= 0.3 is 0 Å². The van der Waals surface area contributed by atoms with Gasteiger partial charge in [0.25, 0.3) is 0 Å². The zero-order valence-corrected chi connectivity index (χ0v) is 14.8. The molecule has 0 spiro atoms. The highest BCUT2D eigenvalue weighted by Crippen LogP contribution is 2.28. The number of benzene rings is 2. The highest BCUT2D eigenvalue weighted by Gasteiger charge is 2.20. The molecule has 1 heterocycles. The van der Waals surface area contributed by atoms with Crippen LogP contribution < -0.4 is 11.1 Å². The predicted molar refractivity (Wildman–Crippen MR) is 104 cm³/mol. The Balaban J connectivity index is 1.61. The maximum Gasteiger partial charge on any atom is 0.0404 e. The average molecular weight is 340 g/mol. The van der Waals surface area contributed by atoms with Gasteiger partial charge in [0, 0.05) is 47.2 Å². The minimum Gasteiger partial charge on any atom is -0.398 e. The summed E-state index contributed by atoms with van der Waals surface area (Å²) in [5, 5.41) is 11.0. The second-order valence-corrected chi connectivity index (χ2v) is 7.43. The number of nitrogen functional groups attached to an aromatic ring is 1. The van der Waals surface area contributed by atoms with E-state index in [0.717, 1.165) is 30.8 Å². The Hall–Kier alpha value is -1.98. The van der Waals surface area contributed by atoms with E-state index in [1.807, 2.05) is 30.1 Å². The first-order valence-electron chi connectivity index (χ1n) is 8.30. The number of rotatable bonds is 5. The predicted octanol–water partition coefficient (Wildman–Crippen LogP) is 4.16. The van der Waals surface area contributed by atoms with E-state index in [2.05, 4.69) is 40.8 Å². The molecular weight excluding hydrogens is 316 g/mol. The Labute approximate surface area is 148 Å². The van der Waals surface area contributed by atoms with Gasteiger partial charge in [-0.2, -0.15) is 0 Å². The molecule has 1 aliphatic rings. The van der Waals surface area contributed by atoms with Gasteiger partial charge in [-0.05, 0) is 62.0 Å². The van der Waals surface area contributed by atoms with Crippen molar-refractivity contribution in [2.24, 2.45) is 0 Å². The molecule has 0 radical (unpaired) electrons. The molecule has 0 saturated carbocycles. The first-order valence-corrected chi connectivity index (χ1v) is 9.07. The lowest BCUT2D eigenvalue weighted by Gasteiger charge is -2.32. The molecule has 0 amide bonds. The normalized spacial score (nSPS) is 18.3. The van der Waals surface area contributed by atoms with Crippen LogP contribution in [0.4, 0.5) is 11.4 Å². The Bertz CT molecular complexity index is 699. The second kappa shape index (κ2) is 7.73. The van der Waals surface area contributed by atoms with Gasteiger partial charge in [-0.1, -0.05) is 17.7 Å². The molecular formula is C19H24N4S. The van der Waals surface area contributed by atoms with E-state index in [9.17, 15) is 0 Å². The van der Waals surface area contributed by atoms with E-state index >= 15 is 0 Å². The molecule has 126 valence electrons. The van der Waals surface area contributed by atoms with Gasteiger partial charge in [-0.3, -0.25) is 0 Å². The summed E-state index contributed by atoms with van der Waals surface area (Å²) in [6.45, 7) is 4.23. The van der Waals surface area contributed by atoms with Crippen molar-refractivity contribution in [1.29, 1.82) is 5.41 Å². The molecule has 5 heteroatoms. The van der Waals surface area contributed by atoms with Crippen LogP contribution in [0, 0.1) is 12.3 Å². The van der Waals surface area contributed by atoms with Crippen LogP contribution in [-0.2, 0) is 0 Å². The molecule has 4 N–H and O–H groups in total. The third kappa shape index (κ3) is 4.30. The topological polar surface area (TPSA) is 65.1 Å². The quantitative estimate of drug-likeness (QED) is 0.434. The fourth-order valence-corrected chi connectivity index (χ4v) is 3.95. The van der Waals surface area contributed by atoms with Gasteiger partial charge in [-0.25, -0.2) is 4.31 Å². The maximum absolute atomic E-state index is 7.43. The molecule has 1 atom stereocenters. The maximum atomic E-state index is 7.43. The van der Waals surface area contributed by atoms with E-state index in [1.165, 1.54) is 23.1 Å². The summed E-state index contributed by atoms with van der Waals surface area (Å²) in [5.74, 6) is 0. The van der Waals surface area contributed by atoms with Crippen molar-refractivity contribution >= 4 is 29.5 Å².